The van der Waals surface area contributed by atoms with Gasteiger partial charge in [0.05, 0.1) is 13.0 Å². The van der Waals surface area contributed by atoms with Gasteiger partial charge in [0.25, 0.3) is 0 Å². The molecule has 0 radical (unpaired) electrons. The van der Waals surface area contributed by atoms with Gasteiger partial charge in [-0.05, 0) is 29.8 Å². The molecule has 2 N–H and O–H groups in total. The summed E-state index contributed by atoms with van der Waals surface area (Å²) >= 11 is 0. The van der Waals surface area contributed by atoms with Gasteiger partial charge in [-0.1, -0.05) is 24.3 Å². The van der Waals surface area contributed by atoms with E-state index in [1.54, 1.807) is 12.1 Å². The Hall–Kier alpha value is -3.02. The Kier molecular flexibility index (Phi) is 5.18. The van der Waals surface area contributed by atoms with Crippen molar-refractivity contribution in [3.05, 3.63) is 54.1 Å². The fourth-order valence-electron chi connectivity index (χ4n) is 2.55. The molecule has 2 aromatic rings. The summed E-state index contributed by atoms with van der Waals surface area (Å²) in [5.41, 5.74) is 1.58. The Morgan fingerprint density at radius 1 is 1.08 bits per heavy atom. The molecule has 2 amide bonds. The lowest BCUT2D eigenvalue weighted by molar-refractivity contribution is -0.121. The van der Waals surface area contributed by atoms with Gasteiger partial charge in [-0.3, -0.25) is 9.59 Å². The Labute approximate surface area is 146 Å². The molecule has 2 aromatic carbocycles. The van der Waals surface area contributed by atoms with Crippen LogP contribution in [0, 0.1) is 0 Å². The number of amides is 2. The molecule has 0 saturated carbocycles. The van der Waals surface area contributed by atoms with Gasteiger partial charge in [-0.15, -0.1) is 0 Å². The van der Waals surface area contributed by atoms with E-state index in [2.05, 4.69) is 10.6 Å². The van der Waals surface area contributed by atoms with Gasteiger partial charge in [-0.2, -0.15) is 0 Å². The molecule has 0 spiro atoms. The number of carbonyl (C=O) groups is 2. The average Bonchev–Trinajstić information content (AvgIpc) is 2.61. The van der Waals surface area contributed by atoms with Crippen LogP contribution < -0.4 is 20.1 Å². The number of carbonyl (C=O) groups excluding carboxylic acids is 2. The van der Waals surface area contributed by atoms with Crippen molar-refractivity contribution in [3.63, 3.8) is 0 Å². The normalized spacial score (nSPS) is 15.3. The van der Waals surface area contributed by atoms with E-state index in [1.165, 1.54) is 6.92 Å². The van der Waals surface area contributed by atoms with Crippen LogP contribution in [-0.2, 0) is 16.0 Å². The van der Waals surface area contributed by atoms with Crippen LogP contribution in [0.15, 0.2) is 48.5 Å². The summed E-state index contributed by atoms with van der Waals surface area (Å²) < 4.78 is 11.4. The van der Waals surface area contributed by atoms with Gasteiger partial charge in [0.1, 0.15) is 12.7 Å². The molecule has 1 aliphatic heterocycles. The fraction of sp³-hybridized carbons (Fsp3) is 0.263. The molecule has 0 aromatic heterocycles. The molecule has 1 heterocycles. The topological polar surface area (TPSA) is 76.7 Å². The van der Waals surface area contributed by atoms with Gasteiger partial charge in [0, 0.05) is 12.6 Å². The lowest BCUT2D eigenvalue weighted by Gasteiger charge is -2.26. The monoisotopic (exact) mass is 340 g/mol. The van der Waals surface area contributed by atoms with E-state index in [-0.39, 0.29) is 24.3 Å². The number of para-hydroxylation sites is 2. The standard InChI is InChI=1S/C19H20N2O4/c1-13(22)21-15-8-6-14(7-9-15)10-19(23)20-11-16-12-24-17-4-2-3-5-18(17)25-16/h2-9,16H,10-12H2,1H3,(H,20,23)(H,21,22). The summed E-state index contributed by atoms with van der Waals surface area (Å²) in [5.74, 6) is 1.21. The van der Waals surface area contributed by atoms with Gasteiger partial charge in [0.15, 0.2) is 11.5 Å². The molecule has 1 atom stereocenters. The molecule has 6 heteroatoms. The third kappa shape index (κ3) is 4.73. The molecule has 0 saturated heterocycles. The van der Waals surface area contributed by atoms with Crippen LogP contribution in [0.2, 0.25) is 0 Å². The van der Waals surface area contributed by atoms with Gasteiger partial charge in [-0.25, -0.2) is 0 Å². The molecule has 3 rings (SSSR count). The fourth-order valence-corrected chi connectivity index (χ4v) is 2.55. The molecule has 130 valence electrons. The smallest absolute Gasteiger partial charge is 0.224 e. The Morgan fingerprint density at radius 2 is 1.80 bits per heavy atom. The van der Waals surface area contributed by atoms with Crippen molar-refractivity contribution in [2.24, 2.45) is 0 Å². The third-order valence-electron chi connectivity index (χ3n) is 3.73. The van der Waals surface area contributed by atoms with Crippen molar-refractivity contribution in [2.45, 2.75) is 19.4 Å². The molecule has 25 heavy (non-hydrogen) atoms. The maximum Gasteiger partial charge on any atom is 0.224 e. The summed E-state index contributed by atoms with van der Waals surface area (Å²) in [5, 5.41) is 5.56. The first-order valence-corrected chi connectivity index (χ1v) is 8.12. The first kappa shape index (κ1) is 16.8. The maximum absolute atomic E-state index is 12.1. The zero-order valence-corrected chi connectivity index (χ0v) is 14.0. The molecule has 1 unspecified atom stereocenters. The quantitative estimate of drug-likeness (QED) is 0.874. The van der Waals surface area contributed by atoms with E-state index in [4.69, 9.17) is 9.47 Å². The first-order valence-electron chi connectivity index (χ1n) is 8.12. The minimum Gasteiger partial charge on any atom is -0.486 e. The van der Waals surface area contributed by atoms with E-state index in [0.29, 0.717) is 24.6 Å². The molecule has 0 fully saturated rings. The van der Waals surface area contributed by atoms with E-state index in [0.717, 1.165) is 11.3 Å². The van der Waals surface area contributed by atoms with Crippen LogP contribution in [0.5, 0.6) is 11.5 Å². The molecule has 0 bridgehead atoms. The number of hydrogen-bond acceptors (Lipinski definition) is 4. The third-order valence-corrected chi connectivity index (χ3v) is 3.73. The molecular formula is C19H20N2O4. The van der Waals surface area contributed by atoms with Gasteiger partial charge in [0.2, 0.25) is 11.8 Å². The van der Waals surface area contributed by atoms with Crippen LogP contribution in [-0.4, -0.2) is 31.1 Å². The number of nitrogens with one attached hydrogen (secondary N) is 2. The second-order valence-electron chi connectivity index (χ2n) is 5.86. The highest BCUT2D eigenvalue weighted by molar-refractivity contribution is 5.88. The second-order valence-corrected chi connectivity index (χ2v) is 5.86. The van der Waals surface area contributed by atoms with Crippen LogP contribution in [0.25, 0.3) is 0 Å². The molecular weight excluding hydrogens is 320 g/mol. The average molecular weight is 340 g/mol. The maximum atomic E-state index is 12.1. The van der Waals surface area contributed by atoms with Crippen LogP contribution >= 0.6 is 0 Å². The van der Waals surface area contributed by atoms with Crippen molar-refractivity contribution < 1.29 is 19.1 Å². The SMILES string of the molecule is CC(=O)Nc1ccc(CC(=O)NCC2COc3ccccc3O2)cc1. The molecule has 1 aliphatic rings. The number of benzene rings is 2. The minimum absolute atomic E-state index is 0.0882. The summed E-state index contributed by atoms with van der Waals surface area (Å²) in [6.07, 6.45) is 0.0610. The number of fused-ring (bicyclic) bond motifs is 1. The van der Waals surface area contributed by atoms with Crippen LogP contribution in [0.1, 0.15) is 12.5 Å². The lowest BCUT2D eigenvalue weighted by atomic mass is 10.1. The number of rotatable bonds is 5. The Bertz CT molecular complexity index is 758. The lowest BCUT2D eigenvalue weighted by Crippen LogP contribution is -2.41. The van der Waals surface area contributed by atoms with E-state index >= 15 is 0 Å². The predicted molar refractivity (Wildman–Crippen MR) is 93.8 cm³/mol. The zero-order valence-electron chi connectivity index (χ0n) is 14.0. The van der Waals surface area contributed by atoms with Crippen molar-refractivity contribution in [2.75, 3.05) is 18.5 Å². The summed E-state index contributed by atoms with van der Waals surface area (Å²) in [7, 11) is 0. The number of hydrogen-bond donors (Lipinski definition) is 2. The van der Waals surface area contributed by atoms with E-state index < -0.39 is 0 Å². The molecule has 6 nitrogen and oxygen atoms in total. The Balaban J connectivity index is 1.46. The highest BCUT2D eigenvalue weighted by atomic mass is 16.6. The highest BCUT2D eigenvalue weighted by Gasteiger charge is 2.20. The van der Waals surface area contributed by atoms with E-state index in [9.17, 15) is 9.59 Å². The van der Waals surface area contributed by atoms with Crippen molar-refractivity contribution in [1.82, 2.24) is 5.32 Å². The van der Waals surface area contributed by atoms with Crippen LogP contribution in [0.4, 0.5) is 5.69 Å². The number of anilines is 1. The van der Waals surface area contributed by atoms with Crippen molar-refractivity contribution >= 4 is 17.5 Å². The highest BCUT2D eigenvalue weighted by Crippen LogP contribution is 2.30. The number of ether oxygens (including phenoxy) is 2. The van der Waals surface area contributed by atoms with Gasteiger partial charge < -0.3 is 20.1 Å². The van der Waals surface area contributed by atoms with Crippen LogP contribution in [0.3, 0.4) is 0 Å². The zero-order chi connectivity index (χ0) is 17.6. The minimum atomic E-state index is -0.207. The summed E-state index contributed by atoms with van der Waals surface area (Å²) in [6.45, 7) is 2.25. The van der Waals surface area contributed by atoms with Crippen molar-refractivity contribution in [3.8, 4) is 11.5 Å². The Morgan fingerprint density at radius 3 is 2.52 bits per heavy atom. The largest absolute Gasteiger partial charge is 0.486 e. The second kappa shape index (κ2) is 7.70. The first-order chi connectivity index (χ1) is 12.1. The molecule has 0 aliphatic carbocycles. The van der Waals surface area contributed by atoms with E-state index in [1.807, 2.05) is 36.4 Å². The predicted octanol–water partition coefficient (Wildman–Crippen LogP) is 2.14. The van der Waals surface area contributed by atoms with Gasteiger partial charge >= 0.3 is 0 Å². The van der Waals surface area contributed by atoms with Crippen molar-refractivity contribution in [1.29, 1.82) is 0 Å². The summed E-state index contributed by atoms with van der Waals surface area (Å²) in [6, 6.07) is 14.7. The summed E-state index contributed by atoms with van der Waals surface area (Å²) in [4.78, 5) is 23.1.